The number of hydrogen-bond acceptors (Lipinski definition) is 3. The van der Waals surface area contributed by atoms with E-state index in [1.54, 1.807) is 6.07 Å². The lowest BCUT2D eigenvalue weighted by molar-refractivity contribution is 0.0645. The molecule has 1 fully saturated rings. The Morgan fingerprint density at radius 1 is 1.00 bits per heavy atom. The van der Waals surface area contributed by atoms with Gasteiger partial charge >= 0.3 is 0 Å². The zero-order valence-electron chi connectivity index (χ0n) is 16.6. The van der Waals surface area contributed by atoms with E-state index in [1.165, 1.54) is 10.7 Å². The molecule has 1 saturated carbocycles. The molecule has 0 saturated heterocycles. The van der Waals surface area contributed by atoms with Gasteiger partial charge in [0.1, 0.15) is 5.69 Å². The Bertz CT molecular complexity index is 1030. The van der Waals surface area contributed by atoms with Crippen molar-refractivity contribution < 1.29 is 4.79 Å². The van der Waals surface area contributed by atoms with Gasteiger partial charge in [0, 0.05) is 18.7 Å². The summed E-state index contributed by atoms with van der Waals surface area (Å²) in [7, 11) is 0. The van der Waals surface area contributed by atoms with Gasteiger partial charge in [-0.2, -0.15) is 5.10 Å². The summed E-state index contributed by atoms with van der Waals surface area (Å²) in [5.74, 6) is 0.410. The van der Waals surface area contributed by atoms with Crippen LogP contribution in [0.15, 0.2) is 77.6 Å². The summed E-state index contributed by atoms with van der Waals surface area (Å²) in [4.78, 5) is 27.6. The van der Waals surface area contributed by atoms with Gasteiger partial charge < -0.3 is 4.90 Å². The molecule has 5 heteroatoms. The third-order valence-corrected chi connectivity index (χ3v) is 5.51. The number of amides is 1. The third-order valence-electron chi connectivity index (χ3n) is 5.51. The first kappa shape index (κ1) is 19.1. The van der Waals surface area contributed by atoms with Gasteiger partial charge in [-0.1, -0.05) is 60.7 Å². The minimum Gasteiger partial charge on any atom is -0.330 e. The van der Waals surface area contributed by atoms with Crippen LogP contribution < -0.4 is 5.56 Å². The van der Waals surface area contributed by atoms with Crippen LogP contribution in [0, 0.1) is 5.92 Å². The molecule has 1 atom stereocenters. The Hall–Kier alpha value is -3.21. The third kappa shape index (κ3) is 4.62. The van der Waals surface area contributed by atoms with Crippen LogP contribution in [0.25, 0.3) is 0 Å². The zero-order valence-corrected chi connectivity index (χ0v) is 16.6. The van der Waals surface area contributed by atoms with E-state index in [2.05, 4.69) is 12.0 Å². The highest BCUT2D eigenvalue weighted by Crippen LogP contribution is 2.36. The van der Waals surface area contributed by atoms with Crippen LogP contribution in [0.4, 0.5) is 0 Å². The molecule has 4 rings (SSSR count). The Labute approximate surface area is 170 Å². The maximum atomic E-state index is 13.4. The SMILES string of the molecule is CC(C1CC1)N(Cc1ccccc1)C(=O)c1ccc(=O)n(Cc2ccccc2)n1. The Kier molecular flexibility index (Phi) is 5.56. The first-order valence-corrected chi connectivity index (χ1v) is 10.1. The van der Waals surface area contributed by atoms with Crippen molar-refractivity contribution in [1.29, 1.82) is 0 Å². The molecule has 1 amide bonds. The first-order chi connectivity index (χ1) is 14.1. The number of aromatic nitrogens is 2. The molecule has 1 aliphatic rings. The van der Waals surface area contributed by atoms with Crippen LogP contribution in [0.1, 0.15) is 41.4 Å². The summed E-state index contributed by atoms with van der Waals surface area (Å²) in [6.45, 7) is 2.99. The first-order valence-electron chi connectivity index (χ1n) is 10.1. The van der Waals surface area contributed by atoms with Crippen molar-refractivity contribution in [3.05, 3.63) is 100.0 Å². The number of benzene rings is 2. The maximum Gasteiger partial charge on any atom is 0.274 e. The number of carbonyl (C=O) groups is 1. The van der Waals surface area contributed by atoms with E-state index in [-0.39, 0.29) is 17.5 Å². The van der Waals surface area contributed by atoms with E-state index in [4.69, 9.17) is 0 Å². The average Bonchev–Trinajstić information content (AvgIpc) is 3.60. The molecule has 3 aromatic rings. The van der Waals surface area contributed by atoms with Crippen LogP contribution in [-0.2, 0) is 13.1 Å². The second-order valence-corrected chi connectivity index (χ2v) is 7.70. The smallest absolute Gasteiger partial charge is 0.274 e. The van der Waals surface area contributed by atoms with Crippen LogP contribution in [-0.4, -0.2) is 26.6 Å². The molecule has 1 unspecified atom stereocenters. The summed E-state index contributed by atoms with van der Waals surface area (Å²) < 4.78 is 1.37. The quantitative estimate of drug-likeness (QED) is 0.621. The van der Waals surface area contributed by atoms with Crippen LogP contribution >= 0.6 is 0 Å². The lowest BCUT2D eigenvalue weighted by atomic mass is 10.1. The van der Waals surface area contributed by atoms with E-state index in [9.17, 15) is 9.59 Å². The van der Waals surface area contributed by atoms with Crippen molar-refractivity contribution in [2.24, 2.45) is 5.92 Å². The van der Waals surface area contributed by atoms with Crippen molar-refractivity contribution in [3.8, 4) is 0 Å². The van der Waals surface area contributed by atoms with E-state index >= 15 is 0 Å². The number of hydrogen-bond donors (Lipinski definition) is 0. The molecule has 5 nitrogen and oxygen atoms in total. The van der Waals surface area contributed by atoms with Gasteiger partial charge in [-0.3, -0.25) is 9.59 Å². The standard InChI is InChI=1S/C24H25N3O2/c1-18(21-12-13-21)26(16-19-8-4-2-5-9-19)24(29)22-14-15-23(28)27(25-22)17-20-10-6-3-7-11-20/h2-11,14-15,18,21H,12-13,16-17H2,1H3. The van der Waals surface area contributed by atoms with Gasteiger partial charge in [0.05, 0.1) is 6.54 Å². The largest absolute Gasteiger partial charge is 0.330 e. The summed E-state index contributed by atoms with van der Waals surface area (Å²) in [6.07, 6.45) is 2.31. The van der Waals surface area contributed by atoms with Gasteiger partial charge in [0.25, 0.3) is 11.5 Å². The number of nitrogens with zero attached hydrogens (tertiary/aromatic N) is 3. The molecular formula is C24H25N3O2. The second kappa shape index (κ2) is 8.43. The van der Waals surface area contributed by atoms with Gasteiger partial charge in [-0.15, -0.1) is 0 Å². The lowest BCUT2D eigenvalue weighted by Gasteiger charge is -2.29. The van der Waals surface area contributed by atoms with E-state index < -0.39 is 0 Å². The highest BCUT2D eigenvalue weighted by Gasteiger charge is 2.35. The highest BCUT2D eigenvalue weighted by molar-refractivity contribution is 5.92. The summed E-state index contributed by atoms with van der Waals surface area (Å²) in [5.41, 5.74) is 2.16. The fraction of sp³-hybridized carbons (Fsp3) is 0.292. The van der Waals surface area contributed by atoms with Gasteiger partial charge in [-0.05, 0) is 42.9 Å². The van der Waals surface area contributed by atoms with E-state index in [0.717, 1.165) is 24.0 Å². The molecule has 1 heterocycles. The minimum atomic E-state index is -0.213. The molecule has 0 bridgehead atoms. The van der Waals surface area contributed by atoms with E-state index in [0.29, 0.717) is 24.7 Å². The number of carbonyl (C=O) groups excluding carboxylic acids is 1. The fourth-order valence-corrected chi connectivity index (χ4v) is 3.59. The van der Waals surface area contributed by atoms with Crippen molar-refractivity contribution in [2.45, 2.75) is 38.9 Å². The van der Waals surface area contributed by atoms with Crippen LogP contribution in [0.2, 0.25) is 0 Å². The van der Waals surface area contributed by atoms with Gasteiger partial charge in [-0.25, -0.2) is 4.68 Å². The normalized spacial score (nSPS) is 14.4. The molecule has 1 aliphatic carbocycles. The van der Waals surface area contributed by atoms with E-state index in [1.807, 2.05) is 65.6 Å². The predicted octanol–water partition coefficient (Wildman–Crippen LogP) is 3.73. The lowest BCUT2D eigenvalue weighted by Crippen LogP contribution is -2.40. The Morgan fingerprint density at radius 3 is 2.24 bits per heavy atom. The molecular weight excluding hydrogens is 362 g/mol. The molecule has 0 spiro atoms. The predicted molar refractivity (Wildman–Crippen MR) is 113 cm³/mol. The van der Waals surface area contributed by atoms with Gasteiger partial charge in [0.2, 0.25) is 0 Å². The van der Waals surface area contributed by atoms with Crippen molar-refractivity contribution >= 4 is 5.91 Å². The molecule has 148 valence electrons. The summed E-state index contributed by atoms with van der Waals surface area (Å²) in [6, 6.07) is 22.8. The monoisotopic (exact) mass is 387 g/mol. The van der Waals surface area contributed by atoms with Crippen molar-refractivity contribution in [1.82, 2.24) is 14.7 Å². The Morgan fingerprint density at radius 2 is 1.62 bits per heavy atom. The molecule has 2 aromatic carbocycles. The van der Waals surface area contributed by atoms with Crippen LogP contribution in [0.5, 0.6) is 0 Å². The molecule has 0 aliphatic heterocycles. The van der Waals surface area contributed by atoms with Crippen LogP contribution in [0.3, 0.4) is 0 Å². The second-order valence-electron chi connectivity index (χ2n) is 7.70. The van der Waals surface area contributed by atoms with Gasteiger partial charge in [0.15, 0.2) is 0 Å². The molecule has 0 radical (unpaired) electrons. The summed E-state index contributed by atoms with van der Waals surface area (Å²) in [5, 5.41) is 4.41. The number of rotatable bonds is 7. The van der Waals surface area contributed by atoms with Crippen molar-refractivity contribution in [2.75, 3.05) is 0 Å². The topological polar surface area (TPSA) is 55.2 Å². The molecule has 0 N–H and O–H groups in total. The molecule has 1 aromatic heterocycles. The summed E-state index contributed by atoms with van der Waals surface area (Å²) >= 11 is 0. The minimum absolute atomic E-state index is 0.130. The maximum absolute atomic E-state index is 13.4. The Balaban J connectivity index is 1.61. The average molecular weight is 387 g/mol. The zero-order chi connectivity index (χ0) is 20.2. The molecule has 29 heavy (non-hydrogen) atoms. The highest BCUT2D eigenvalue weighted by atomic mass is 16.2. The van der Waals surface area contributed by atoms with Crippen molar-refractivity contribution in [3.63, 3.8) is 0 Å². The fourth-order valence-electron chi connectivity index (χ4n) is 3.59.